The molecule has 1 aromatic heterocycles. The first-order valence-electron chi connectivity index (χ1n) is 6.29. The molecule has 0 fully saturated rings. The summed E-state index contributed by atoms with van der Waals surface area (Å²) in [5.74, 6) is -0.703. The van der Waals surface area contributed by atoms with Gasteiger partial charge >= 0.3 is 0 Å². The molecule has 3 aromatic rings. The van der Waals surface area contributed by atoms with Crippen molar-refractivity contribution >= 4 is 5.82 Å². The zero-order valence-corrected chi connectivity index (χ0v) is 10.9. The Labute approximate surface area is 120 Å². The summed E-state index contributed by atoms with van der Waals surface area (Å²) in [5, 5.41) is 0. The lowest BCUT2D eigenvalue weighted by atomic mass is 10.1. The van der Waals surface area contributed by atoms with Crippen LogP contribution in [0.3, 0.4) is 0 Å². The van der Waals surface area contributed by atoms with Gasteiger partial charge in [0, 0.05) is 23.3 Å². The summed E-state index contributed by atoms with van der Waals surface area (Å²) in [6.45, 7) is 0. The van der Waals surface area contributed by atoms with Gasteiger partial charge in [0.05, 0.1) is 5.69 Å². The van der Waals surface area contributed by atoms with E-state index in [2.05, 4.69) is 9.97 Å². The molecular formula is C16H11F2N3. The quantitative estimate of drug-likeness (QED) is 0.780. The van der Waals surface area contributed by atoms with Crippen molar-refractivity contribution < 1.29 is 8.78 Å². The summed E-state index contributed by atoms with van der Waals surface area (Å²) in [6, 6.07) is 14.0. The van der Waals surface area contributed by atoms with Crippen molar-refractivity contribution in [2.24, 2.45) is 0 Å². The van der Waals surface area contributed by atoms with E-state index in [1.54, 1.807) is 0 Å². The predicted molar refractivity (Wildman–Crippen MR) is 77.2 cm³/mol. The monoisotopic (exact) mass is 283 g/mol. The van der Waals surface area contributed by atoms with E-state index in [-0.39, 0.29) is 11.4 Å². The summed E-state index contributed by atoms with van der Waals surface area (Å²) >= 11 is 0. The second-order valence-corrected chi connectivity index (χ2v) is 4.49. The number of aromatic nitrogens is 2. The van der Waals surface area contributed by atoms with Crippen LogP contribution in [0.15, 0.2) is 54.6 Å². The Morgan fingerprint density at radius 1 is 0.857 bits per heavy atom. The molecule has 0 aliphatic rings. The summed E-state index contributed by atoms with van der Waals surface area (Å²) in [5.41, 5.74) is 7.04. The second-order valence-electron chi connectivity index (χ2n) is 4.49. The zero-order chi connectivity index (χ0) is 14.8. The summed E-state index contributed by atoms with van der Waals surface area (Å²) in [6.07, 6.45) is 0. The third-order valence-electron chi connectivity index (χ3n) is 2.99. The van der Waals surface area contributed by atoms with Crippen molar-refractivity contribution in [2.75, 3.05) is 5.73 Å². The van der Waals surface area contributed by atoms with Gasteiger partial charge in [-0.2, -0.15) is 0 Å². The molecule has 3 nitrogen and oxygen atoms in total. The van der Waals surface area contributed by atoms with E-state index in [4.69, 9.17) is 5.73 Å². The van der Waals surface area contributed by atoms with E-state index in [9.17, 15) is 8.78 Å². The Morgan fingerprint density at radius 3 is 2.33 bits per heavy atom. The lowest BCUT2D eigenvalue weighted by Crippen LogP contribution is -1.99. The summed E-state index contributed by atoms with van der Waals surface area (Å²) < 4.78 is 26.9. The van der Waals surface area contributed by atoms with Crippen LogP contribution < -0.4 is 5.73 Å². The van der Waals surface area contributed by atoms with E-state index in [1.165, 1.54) is 18.2 Å². The standard InChI is InChI=1S/C16H11F2N3/c17-11-6-7-12(13(18)8-11)14-9-15(19)21-16(20-14)10-4-2-1-3-5-10/h1-9H,(H2,19,20,21). The van der Waals surface area contributed by atoms with Gasteiger partial charge in [0.1, 0.15) is 17.5 Å². The van der Waals surface area contributed by atoms with Crippen molar-refractivity contribution in [1.29, 1.82) is 0 Å². The molecule has 0 radical (unpaired) electrons. The molecule has 104 valence electrons. The fourth-order valence-corrected chi connectivity index (χ4v) is 2.02. The highest BCUT2D eigenvalue weighted by Crippen LogP contribution is 2.25. The van der Waals surface area contributed by atoms with Gasteiger partial charge in [-0.3, -0.25) is 0 Å². The maximum atomic E-state index is 13.9. The van der Waals surface area contributed by atoms with Crippen LogP contribution in [-0.2, 0) is 0 Å². The molecule has 0 atom stereocenters. The highest BCUT2D eigenvalue weighted by Gasteiger charge is 2.11. The van der Waals surface area contributed by atoms with E-state index >= 15 is 0 Å². The highest BCUT2D eigenvalue weighted by molar-refractivity contribution is 5.67. The Balaban J connectivity index is 2.14. The molecule has 2 aromatic carbocycles. The Bertz CT molecular complexity index is 789. The number of anilines is 1. The third-order valence-corrected chi connectivity index (χ3v) is 2.99. The van der Waals surface area contributed by atoms with Crippen molar-refractivity contribution in [3.63, 3.8) is 0 Å². The van der Waals surface area contributed by atoms with Crippen LogP contribution in [0.1, 0.15) is 0 Å². The van der Waals surface area contributed by atoms with Gasteiger partial charge in [-0.25, -0.2) is 18.7 Å². The molecule has 0 unspecified atom stereocenters. The van der Waals surface area contributed by atoms with Crippen molar-refractivity contribution in [1.82, 2.24) is 9.97 Å². The minimum absolute atomic E-state index is 0.183. The number of halogens is 2. The van der Waals surface area contributed by atoms with Crippen molar-refractivity contribution in [3.8, 4) is 22.6 Å². The van der Waals surface area contributed by atoms with Crippen LogP contribution in [-0.4, -0.2) is 9.97 Å². The molecule has 0 aliphatic heterocycles. The SMILES string of the molecule is Nc1cc(-c2ccc(F)cc2F)nc(-c2ccccc2)n1. The number of benzene rings is 2. The average molecular weight is 283 g/mol. The van der Waals surface area contributed by atoms with Crippen LogP contribution in [0.25, 0.3) is 22.6 Å². The molecule has 0 amide bonds. The van der Waals surface area contributed by atoms with E-state index < -0.39 is 11.6 Å². The fraction of sp³-hybridized carbons (Fsp3) is 0. The van der Waals surface area contributed by atoms with Gasteiger partial charge in [0.2, 0.25) is 0 Å². The normalized spacial score (nSPS) is 10.6. The Kier molecular flexibility index (Phi) is 3.31. The fourth-order valence-electron chi connectivity index (χ4n) is 2.02. The van der Waals surface area contributed by atoms with Crippen LogP contribution in [0.4, 0.5) is 14.6 Å². The largest absolute Gasteiger partial charge is 0.384 e. The molecule has 0 aliphatic carbocycles. The molecule has 21 heavy (non-hydrogen) atoms. The molecule has 5 heteroatoms. The Hall–Kier alpha value is -2.82. The number of hydrogen-bond donors (Lipinski definition) is 1. The first-order valence-corrected chi connectivity index (χ1v) is 6.29. The maximum absolute atomic E-state index is 13.9. The van der Waals surface area contributed by atoms with Crippen LogP contribution in [0.2, 0.25) is 0 Å². The molecule has 1 heterocycles. The minimum atomic E-state index is -0.688. The number of hydrogen-bond acceptors (Lipinski definition) is 3. The van der Waals surface area contributed by atoms with Gasteiger partial charge in [-0.05, 0) is 12.1 Å². The Morgan fingerprint density at radius 2 is 1.62 bits per heavy atom. The smallest absolute Gasteiger partial charge is 0.162 e. The first kappa shape index (κ1) is 13.2. The lowest BCUT2D eigenvalue weighted by Gasteiger charge is -2.07. The molecular weight excluding hydrogens is 272 g/mol. The first-order chi connectivity index (χ1) is 10.1. The van der Waals surface area contributed by atoms with Gasteiger partial charge < -0.3 is 5.73 Å². The third kappa shape index (κ3) is 2.72. The molecule has 0 saturated heterocycles. The van der Waals surface area contributed by atoms with Crippen molar-refractivity contribution in [3.05, 3.63) is 66.2 Å². The van der Waals surface area contributed by atoms with Crippen LogP contribution >= 0.6 is 0 Å². The molecule has 0 saturated carbocycles. The second kappa shape index (κ2) is 5.28. The summed E-state index contributed by atoms with van der Waals surface area (Å²) in [7, 11) is 0. The average Bonchev–Trinajstić information content (AvgIpc) is 2.47. The minimum Gasteiger partial charge on any atom is -0.384 e. The number of nitrogens with zero attached hydrogens (tertiary/aromatic N) is 2. The van der Waals surface area contributed by atoms with Gasteiger partial charge in [0.15, 0.2) is 5.82 Å². The molecule has 0 spiro atoms. The topological polar surface area (TPSA) is 51.8 Å². The number of nitrogen functional groups attached to an aromatic ring is 1. The summed E-state index contributed by atoms with van der Waals surface area (Å²) in [4.78, 5) is 8.46. The van der Waals surface area contributed by atoms with E-state index in [0.29, 0.717) is 11.5 Å². The number of nitrogens with two attached hydrogens (primary N) is 1. The van der Waals surface area contributed by atoms with Gasteiger partial charge in [0.25, 0.3) is 0 Å². The maximum Gasteiger partial charge on any atom is 0.162 e. The van der Waals surface area contributed by atoms with Gasteiger partial charge in [-0.1, -0.05) is 30.3 Å². The zero-order valence-electron chi connectivity index (χ0n) is 10.9. The molecule has 3 rings (SSSR count). The molecule has 0 bridgehead atoms. The van der Waals surface area contributed by atoms with Crippen LogP contribution in [0.5, 0.6) is 0 Å². The number of rotatable bonds is 2. The molecule has 2 N–H and O–H groups in total. The van der Waals surface area contributed by atoms with Crippen molar-refractivity contribution in [2.45, 2.75) is 0 Å². The lowest BCUT2D eigenvalue weighted by molar-refractivity contribution is 0.585. The predicted octanol–water partition coefficient (Wildman–Crippen LogP) is 3.67. The van der Waals surface area contributed by atoms with E-state index in [1.807, 2.05) is 30.3 Å². The van der Waals surface area contributed by atoms with E-state index in [0.717, 1.165) is 11.6 Å². The van der Waals surface area contributed by atoms with Crippen LogP contribution in [0, 0.1) is 11.6 Å². The van der Waals surface area contributed by atoms with Gasteiger partial charge in [-0.15, -0.1) is 0 Å². The highest BCUT2D eigenvalue weighted by atomic mass is 19.1.